The van der Waals surface area contributed by atoms with Crippen molar-refractivity contribution in [3.05, 3.63) is 28.2 Å². The summed E-state index contributed by atoms with van der Waals surface area (Å²) in [5.41, 5.74) is 1.22. The standard InChI is InChI=1S/C13H20BrNO2S/c1-2-5-15-7-10-3-4-11(14)6-13(10)18-9-12(17)8-16/h3-4,6,12,15-17H,2,5,7-9H2,1H3. The Morgan fingerprint density at radius 1 is 1.44 bits per heavy atom. The monoisotopic (exact) mass is 333 g/mol. The molecule has 102 valence electrons. The smallest absolute Gasteiger partial charge is 0.0864 e. The van der Waals surface area contributed by atoms with Crippen LogP contribution in [0.2, 0.25) is 0 Å². The molecule has 3 N–H and O–H groups in total. The summed E-state index contributed by atoms with van der Waals surface area (Å²) in [6.07, 6.45) is 0.452. The average molecular weight is 334 g/mol. The Morgan fingerprint density at radius 2 is 2.22 bits per heavy atom. The van der Waals surface area contributed by atoms with Gasteiger partial charge in [0.05, 0.1) is 12.7 Å². The third-order valence-electron chi connectivity index (χ3n) is 2.41. The van der Waals surface area contributed by atoms with E-state index in [1.54, 1.807) is 11.8 Å². The number of aliphatic hydroxyl groups is 2. The van der Waals surface area contributed by atoms with Gasteiger partial charge in [-0.25, -0.2) is 0 Å². The molecule has 0 amide bonds. The first-order valence-electron chi connectivity index (χ1n) is 6.08. The Balaban J connectivity index is 2.64. The molecule has 0 aliphatic rings. The Morgan fingerprint density at radius 3 is 2.89 bits per heavy atom. The molecule has 0 spiro atoms. The van der Waals surface area contributed by atoms with E-state index in [1.807, 2.05) is 6.07 Å². The summed E-state index contributed by atoms with van der Waals surface area (Å²) in [5, 5.41) is 21.6. The molecule has 0 bridgehead atoms. The molecule has 5 heteroatoms. The quantitative estimate of drug-likeness (QED) is 0.505. The van der Waals surface area contributed by atoms with Crippen LogP contribution >= 0.6 is 27.7 Å². The van der Waals surface area contributed by atoms with E-state index in [0.29, 0.717) is 5.75 Å². The van der Waals surface area contributed by atoms with Gasteiger partial charge in [-0.2, -0.15) is 0 Å². The second kappa shape index (κ2) is 8.93. The highest BCUT2D eigenvalue weighted by atomic mass is 79.9. The highest BCUT2D eigenvalue weighted by molar-refractivity contribution is 9.10. The molecule has 1 atom stereocenters. The number of nitrogens with one attached hydrogen (secondary N) is 1. The maximum atomic E-state index is 9.40. The predicted molar refractivity (Wildman–Crippen MR) is 80.0 cm³/mol. The first-order valence-corrected chi connectivity index (χ1v) is 7.86. The number of thioether (sulfide) groups is 1. The third-order valence-corrected chi connectivity index (χ3v) is 4.15. The van der Waals surface area contributed by atoms with Gasteiger partial charge in [-0.3, -0.25) is 0 Å². The summed E-state index contributed by atoms with van der Waals surface area (Å²) in [4.78, 5) is 1.14. The highest BCUT2D eigenvalue weighted by Gasteiger charge is 2.07. The zero-order valence-corrected chi connectivity index (χ0v) is 12.9. The molecular weight excluding hydrogens is 314 g/mol. The van der Waals surface area contributed by atoms with Gasteiger partial charge in [0.25, 0.3) is 0 Å². The fourth-order valence-corrected chi connectivity index (χ4v) is 2.97. The van der Waals surface area contributed by atoms with Crippen LogP contribution in [0.5, 0.6) is 0 Å². The van der Waals surface area contributed by atoms with Crippen LogP contribution in [0.4, 0.5) is 0 Å². The van der Waals surface area contributed by atoms with Gasteiger partial charge < -0.3 is 15.5 Å². The SMILES string of the molecule is CCCNCc1ccc(Br)cc1SCC(O)CO. The van der Waals surface area contributed by atoms with Crippen molar-refractivity contribution in [2.45, 2.75) is 30.9 Å². The summed E-state index contributed by atoms with van der Waals surface area (Å²) >= 11 is 5.03. The lowest BCUT2D eigenvalue weighted by Crippen LogP contribution is -2.16. The van der Waals surface area contributed by atoms with Gasteiger partial charge in [0, 0.05) is 21.7 Å². The van der Waals surface area contributed by atoms with E-state index >= 15 is 0 Å². The molecule has 0 saturated carbocycles. The number of benzene rings is 1. The fraction of sp³-hybridized carbons (Fsp3) is 0.538. The number of rotatable bonds is 8. The summed E-state index contributed by atoms with van der Waals surface area (Å²) in [7, 11) is 0. The minimum Gasteiger partial charge on any atom is -0.394 e. The van der Waals surface area contributed by atoms with Gasteiger partial charge in [-0.05, 0) is 30.7 Å². The van der Waals surface area contributed by atoms with Gasteiger partial charge in [-0.1, -0.05) is 28.9 Å². The third kappa shape index (κ3) is 5.71. The van der Waals surface area contributed by atoms with Gasteiger partial charge >= 0.3 is 0 Å². The van der Waals surface area contributed by atoms with Crippen LogP contribution < -0.4 is 5.32 Å². The lowest BCUT2D eigenvalue weighted by molar-refractivity contribution is 0.113. The van der Waals surface area contributed by atoms with Crippen molar-refractivity contribution in [2.75, 3.05) is 18.9 Å². The van der Waals surface area contributed by atoms with Crippen LogP contribution in [-0.4, -0.2) is 35.2 Å². The number of halogens is 1. The topological polar surface area (TPSA) is 52.5 Å². The molecular formula is C13H20BrNO2S. The van der Waals surface area contributed by atoms with Crippen molar-refractivity contribution >= 4 is 27.7 Å². The summed E-state index contributed by atoms with van der Waals surface area (Å²) in [6.45, 7) is 3.78. The van der Waals surface area contributed by atoms with E-state index in [-0.39, 0.29) is 6.61 Å². The average Bonchev–Trinajstić information content (AvgIpc) is 2.38. The highest BCUT2D eigenvalue weighted by Crippen LogP contribution is 2.27. The van der Waals surface area contributed by atoms with E-state index in [1.165, 1.54) is 5.56 Å². The predicted octanol–water partition coefficient (Wildman–Crippen LogP) is 2.39. The van der Waals surface area contributed by atoms with Crippen LogP contribution in [-0.2, 0) is 6.54 Å². The molecule has 0 aliphatic heterocycles. The number of aliphatic hydroxyl groups excluding tert-OH is 2. The zero-order valence-electron chi connectivity index (χ0n) is 10.5. The lowest BCUT2D eigenvalue weighted by atomic mass is 10.2. The number of hydrogen-bond acceptors (Lipinski definition) is 4. The second-order valence-corrected chi connectivity index (χ2v) is 6.05. The Labute approximate surface area is 121 Å². The van der Waals surface area contributed by atoms with Gasteiger partial charge in [0.15, 0.2) is 0 Å². The normalized spacial score (nSPS) is 12.7. The zero-order chi connectivity index (χ0) is 13.4. The molecule has 0 aliphatic carbocycles. The van der Waals surface area contributed by atoms with Crippen LogP contribution in [0.3, 0.4) is 0 Å². The molecule has 0 heterocycles. The minimum atomic E-state index is -0.662. The molecule has 1 rings (SSSR count). The van der Waals surface area contributed by atoms with E-state index in [2.05, 4.69) is 40.3 Å². The Hall–Kier alpha value is -0.0700. The van der Waals surface area contributed by atoms with Crippen molar-refractivity contribution in [3.8, 4) is 0 Å². The van der Waals surface area contributed by atoms with Crippen molar-refractivity contribution in [3.63, 3.8) is 0 Å². The van der Waals surface area contributed by atoms with Crippen molar-refractivity contribution < 1.29 is 10.2 Å². The Bertz CT molecular complexity index is 363. The maximum Gasteiger partial charge on any atom is 0.0864 e. The van der Waals surface area contributed by atoms with E-state index < -0.39 is 6.10 Å². The number of hydrogen-bond donors (Lipinski definition) is 3. The first kappa shape index (κ1) is 16.0. The van der Waals surface area contributed by atoms with E-state index in [4.69, 9.17) is 5.11 Å². The molecule has 0 fully saturated rings. The lowest BCUT2D eigenvalue weighted by Gasteiger charge is -2.12. The molecule has 18 heavy (non-hydrogen) atoms. The molecule has 0 aromatic heterocycles. The van der Waals surface area contributed by atoms with Crippen LogP contribution in [0.25, 0.3) is 0 Å². The molecule has 0 radical (unpaired) electrons. The van der Waals surface area contributed by atoms with Crippen LogP contribution in [0, 0.1) is 0 Å². The summed E-state index contributed by atoms with van der Waals surface area (Å²) in [6, 6.07) is 6.16. The van der Waals surface area contributed by atoms with Crippen molar-refractivity contribution in [2.24, 2.45) is 0 Å². The van der Waals surface area contributed by atoms with Crippen molar-refractivity contribution in [1.82, 2.24) is 5.32 Å². The maximum absolute atomic E-state index is 9.40. The molecule has 1 aromatic carbocycles. The van der Waals surface area contributed by atoms with E-state index in [0.717, 1.165) is 28.9 Å². The fourth-order valence-electron chi connectivity index (χ4n) is 1.45. The molecule has 0 saturated heterocycles. The molecule has 3 nitrogen and oxygen atoms in total. The largest absolute Gasteiger partial charge is 0.394 e. The summed E-state index contributed by atoms with van der Waals surface area (Å²) < 4.78 is 1.03. The summed E-state index contributed by atoms with van der Waals surface area (Å²) in [5.74, 6) is 0.508. The van der Waals surface area contributed by atoms with E-state index in [9.17, 15) is 5.11 Å². The first-order chi connectivity index (χ1) is 8.67. The van der Waals surface area contributed by atoms with Gasteiger partial charge in [0.2, 0.25) is 0 Å². The minimum absolute atomic E-state index is 0.190. The second-order valence-electron chi connectivity index (χ2n) is 4.08. The molecule has 1 unspecified atom stereocenters. The Kier molecular flexibility index (Phi) is 7.93. The van der Waals surface area contributed by atoms with Crippen LogP contribution in [0.1, 0.15) is 18.9 Å². The van der Waals surface area contributed by atoms with Crippen LogP contribution in [0.15, 0.2) is 27.6 Å². The van der Waals surface area contributed by atoms with Gasteiger partial charge in [0.1, 0.15) is 0 Å². The van der Waals surface area contributed by atoms with Gasteiger partial charge in [-0.15, -0.1) is 11.8 Å². The van der Waals surface area contributed by atoms with Crippen molar-refractivity contribution in [1.29, 1.82) is 0 Å². The molecule has 1 aromatic rings.